The summed E-state index contributed by atoms with van der Waals surface area (Å²) >= 11 is 0. The summed E-state index contributed by atoms with van der Waals surface area (Å²) in [7, 11) is 0. The molecule has 1 N–H and O–H groups in total. The molecule has 1 heterocycles. The number of benzene rings is 1. The first-order chi connectivity index (χ1) is 11.1. The highest BCUT2D eigenvalue weighted by atomic mass is 19.1. The average molecular weight is 318 g/mol. The molecule has 120 valence electrons. The highest BCUT2D eigenvalue weighted by molar-refractivity contribution is 5.96. The average Bonchev–Trinajstić information content (AvgIpc) is 2.56. The van der Waals surface area contributed by atoms with Crippen molar-refractivity contribution in [2.24, 2.45) is 0 Å². The maximum atomic E-state index is 12.8. The number of carbonyl (C=O) groups is 2. The van der Waals surface area contributed by atoms with E-state index < -0.39 is 24.3 Å². The molecule has 0 spiro atoms. The van der Waals surface area contributed by atoms with Crippen LogP contribution in [-0.4, -0.2) is 30.1 Å². The third-order valence-electron chi connectivity index (χ3n) is 2.73. The zero-order chi connectivity index (χ0) is 16.7. The summed E-state index contributed by atoms with van der Waals surface area (Å²) in [6, 6.07) is 8.31. The molecule has 0 saturated carbocycles. The highest BCUT2D eigenvalue weighted by Gasteiger charge is 2.16. The predicted octanol–water partition coefficient (Wildman–Crippen LogP) is 2.41. The smallest absolute Gasteiger partial charge is 0.344 e. The molecule has 0 aliphatic heterocycles. The number of aromatic nitrogens is 1. The molecule has 0 bridgehead atoms. The molecule has 0 radical (unpaired) electrons. The number of esters is 1. The number of anilines is 1. The molecular formula is C16H15FN2O4. The Morgan fingerprint density at radius 3 is 2.65 bits per heavy atom. The van der Waals surface area contributed by atoms with Gasteiger partial charge < -0.3 is 14.8 Å². The van der Waals surface area contributed by atoms with E-state index in [-0.39, 0.29) is 11.4 Å². The molecule has 2 aromatic rings. The minimum absolute atomic E-state index is 0.143. The van der Waals surface area contributed by atoms with Crippen molar-refractivity contribution < 1.29 is 23.5 Å². The van der Waals surface area contributed by atoms with Gasteiger partial charge in [-0.25, -0.2) is 14.2 Å². The third-order valence-corrected chi connectivity index (χ3v) is 2.73. The summed E-state index contributed by atoms with van der Waals surface area (Å²) in [5.74, 6) is -1.50. The van der Waals surface area contributed by atoms with Gasteiger partial charge in [0.05, 0.1) is 6.61 Å². The molecule has 6 nitrogen and oxygen atoms in total. The first-order valence-electron chi connectivity index (χ1n) is 6.90. The molecule has 0 atom stereocenters. The van der Waals surface area contributed by atoms with Gasteiger partial charge in [0.1, 0.15) is 11.4 Å². The van der Waals surface area contributed by atoms with Gasteiger partial charge in [0.25, 0.3) is 5.91 Å². The molecule has 2 rings (SSSR count). The number of rotatable bonds is 6. The molecule has 1 amide bonds. The van der Waals surface area contributed by atoms with Crippen LogP contribution in [0.2, 0.25) is 0 Å². The second-order valence-electron chi connectivity index (χ2n) is 4.42. The van der Waals surface area contributed by atoms with Gasteiger partial charge in [0, 0.05) is 11.9 Å². The topological polar surface area (TPSA) is 77.5 Å². The molecule has 0 fully saturated rings. The van der Waals surface area contributed by atoms with Crippen molar-refractivity contribution in [1.29, 1.82) is 0 Å². The Morgan fingerprint density at radius 2 is 1.96 bits per heavy atom. The van der Waals surface area contributed by atoms with E-state index >= 15 is 0 Å². The van der Waals surface area contributed by atoms with Crippen molar-refractivity contribution in [3.8, 4) is 5.88 Å². The lowest BCUT2D eigenvalue weighted by atomic mass is 10.3. The highest BCUT2D eigenvalue weighted by Crippen LogP contribution is 2.15. The fourth-order valence-corrected chi connectivity index (χ4v) is 1.74. The first-order valence-corrected chi connectivity index (χ1v) is 6.90. The number of pyridine rings is 1. The minimum Gasteiger partial charge on any atom is -0.477 e. The molecule has 0 unspecified atom stereocenters. The molecule has 23 heavy (non-hydrogen) atoms. The minimum atomic E-state index is -0.712. The van der Waals surface area contributed by atoms with Crippen LogP contribution in [0, 0.1) is 5.82 Å². The summed E-state index contributed by atoms with van der Waals surface area (Å²) in [5, 5.41) is 2.49. The lowest BCUT2D eigenvalue weighted by Gasteiger charge is -2.09. The number of carbonyl (C=O) groups excluding carboxylic acids is 2. The third kappa shape index (κ3) is 4.77. The standard InChI is InChI=1S/C16H15FN2O4/c1-2-22-15-13(4-3-9-18-15)16(21)23-10-14(20)19-12-7-5-11(17)6-8-12/h3-9H,2,10H2,1H3,(H,19,20). The number of hydrogen-bond acceptors (Lipinski definition) is 5. The van der Waals surface area contributed by atoms with Gasteiger partial charge in [0.2, 0.25) is 5.88 Å². The van der Waals surface area contributed by atoms with Gasteiger partial charge in [-0.3, -0.25) is 4.79 Å². The van der Waals surface area contributed by atoms with Crippen LogP contribution in [0.4, 0.5) is 10.1 Å². The van der Waals surface area contributed by atoms with E-state index in [0.29, 0.717) is 12.3 Å². The Bertz CT molecular complexity index is 689. The molecule has 7 heteroatoms. The van der Waals surface area contributed by atoms with Crippen LogP contribution in [0.1, 0.15) is 17.3 Å². The van der Waals surface area contributed by atoms with Crippen molar-refractivity contribution in [3.05, 3.63) is 54.0 Å². The summed E-state index contributed by atoms with van der Waals surface area (Å²) in [6.45, 7) is 1.64. The van der Waals surface area contributed by atoms with Crippen LogP contribution in [0.25, 0.3) is 0 Å². The maximum Gasteiger partial charge on any atom is 0.344 e. The van der Waals surface area contributed by atoms with Crippen molar-refractivity contribution >= 4 is 17.6 Å². The largest absolute Gasteiger partial charge is 0.477 e. The Hall–Kier alpha value is -2.96. The van der Waals surface area contributed by atoms with Crippen LogP contribution in [0.5, 0.6) is 5.88 Å². The summed E-state index contributed by atoms with van der Waals surface area (Å²) in [5.41, 5.74) is 0.549. The molecule has 0 aliphatic carbocycles. The maximum absolute atomic E-state index is 12.8. The summed E-state index contributed by atoms with van der Waals surface area (Å²) < 4.78 is 22.9. The van der Waals surface area contributed by atoms with Crippen LogP contribution < -0.4 is 10.1 Å². The van der Waals surface area contributed by atoms with E-state index in [2.05, 4.69) is 10.3 Å². The normalized spacial score (nSPS) is 10.0. The van der Waals surface area contributed by atoms with Gasteiger partial charge >= 0.3 is 5.97 Å². The van der Waals surface area contributed by atoms with E-state index in [4.69, 9.17) is 9.47 Å². The van der Waals surface area contributed by atoms with Crippen LogP contribution in [0.3, 0.4) is 0 Å². The molecule has 1 aromatic carbocycles. The van der Waals surface area contributed by atoms with E-state index in [1.807, 2.05) is 0 Å². The second kappa shape index (κ2) is 7.88. The Morgan fingerprint density at radius 1 is 1.22 bits per heavy atom. The fraction of sp³-hybridized carbons (Fsp3) is 0.188. The Labute approximate surface area is 132 Å². The monoisotopic (exact) mass is 318 g/mol. The zero-order valence-electron chi connectivity index (χ0n) is 12.4. The van der Waals surface area contributed by atoms with Crippen LogP contribution in [0.15, 0.2) is 42.6 Å². The predicted molar refractivity (Wildman–Crippen MR) is 80.7 cm³/mol. The van der Waals surface area contributed by atoms with E-state index in [1.54, 1.807) is 13.0 Å². The fourth-order valence-electron chi connectivity index (χ4n) is 1.74. The SMILES string of the molecule is CCOc1ncccc1C(=O)OCC(=O)Nc1ccc(F)cc1. The quantitative estimate of drug-likeness (QED) is 0.828. The number of hydrogen-bond donors (Lipinski definition) is 1. The molecule has 0 saturated heterocycles. The lowest BCUT2D eigenvalue weighted by molar-refractivity contribution is -0.119. The van der Waals surface area contributed by atoms with E-state index in [1.165, 1.54) is 36.5 Å². The zero-order valence-corrected chi connectivity index (χ0v) is 12.4. The number of nitrogens with zero attached hydrogens (tertiary/aromatic N) is 1. The number of nitrogens with one attached hydrogen (secondary N) is 1. The van der Waals surface area contributed by atoms with E-state index in [0.717, 1.165) is 0 Å². The van der Waals surface area contributed by atoms with Crippen LogP contribution in [-0.2, 0) is 9.53 Å². The van der Waals surface area contributed by atoms with Crippen molar-refractivity contribution in [2.45, 2.75) is 6.92 Å². The van der Waals surface area contributed by atoms with Gasteiger partial charge in [-0.05, 0) is 43.3 Å². The molecule has 1 aromatic heterocycles. The molecular weight excluding hydrogens is 303 g/mol. The number of amides is 1. The summed E-state index contributed by atoms with van der Waals surface area (Å²) in [6.07, 6.45) is 1.49. The van der Waals surface area contributed by atoms with Crippen molar-refractivity contribution in [2.75, 3.05) is 18.5 Å². The van der Waals surface area contributed by atoms with Crippen LogP contribution >= 0.6 is 0 Å². The summed E-state index contributed by atoms with van der Waals surface area (Å²) in [4.78, 5) is 27.6. The van der Waals surface area contributed by atoms with Gasteiger partial charge in [-0.2, -0.15) is 0 Å². The second-order valence-corrected chi connectivity index (χ2v) is 4.42. The lowest BCUT2D eigenvalue weighted by Crippen LogP contribution is -2.21. The number of halogens is 1. The Balaban J connectivity index is 1.91. The van der Waals surface area contributed by atoms with Crippen molar-refractivity contribution in [1.82, 2.24) is 4.98 Å². The van der Waals surface area contributed by atoms with Gasteiger partial charge in [-0.15, -0.1) is 0 Å². The van der Waals surface area contributed by atoms with Crippen molar-refractivity contribution in [3.63, 3.8) is 0 Å². The first kappa shape index (κ1) is 16.4. The van der Waals surface area contributed by atoms with Gasteiger partial charge in [0.15, 0.2) is 6.61 Å². The number of ether oxygens (including phenoxy) is 2. The van der Waals surface area contributed by atoms with Gasteiger partial charge in [-0.1, -0.05) is 0 Å². The molecule has 0 aliphatic rings. The van der Waals surface area contributed by atoms with E-state index in [9.17, 15) is 14.0 Å². The Kier molecular flexibility index (Phi) is 5.62.